The summed E-state index contributed by atoms with van der Waals surface area (Å²) in [5, 5.41) is 2.50. The molecule has 0 aliphatic heterocycles. The Labute approximate surface area is 119 Å². The van der Waals surface area contributed by atoms with Crippen molar-refractivity contribution in [1.29, 1.82) is 0 Å². The molecule has 0 aliphatic rings. The van der Waals surface area contributed by atoms with Gasteiger partial charge in [-0.1, -0.05) is 12.1 Å². The lowest BCUT2D eigenvalue weighted by Crippen LogP contribution is -2.28. The average molecular weight is 295 g/mol. The first-order valence-electron chi connectivity index (χ1n) is 6.13. The van der Waals surface area contributed by atoms with Gasteiger partial charge in [0.05, 0.1) is 0 Å². The number of ether oxygens (including phenoxy) is 1. The van der Waals surface area contributed by atoms with Crippen molar-refractivity contribution in [1.82, 2.24) is 5.32 Å². The van der Waals surface area contributed by atoms with Crippen molar-refractivity contribution in [3.63, 3.8) is 0 Å². The van der Waals surface area contributed by atoms with Crippen LogP contribution in [0.1, 0.15) is 5.56 Å². The summed E-state index contributed by atoms with van der Waals surface area (Å²) in [6.45, 7) is -0.288. The molecule has 2 aromatic rings. The van der Waals surface area contributed by atoms with Crippen LogP contribution in [0.15, 0.2) is 42.5 Å². The molecule has 0 saturated carbocycles. The zero-order chi connectivity index (χ0) is 15.2. The molecule has 0 heterocycles. The number of nitrogens with one attached hydrogen (secondary N) is 1. The fourth-order valence-electron chi connectivity index (χ4n) is 1.63. The summed E-state index contributed by atoms with van der Waals surface area (Å²) in [7, 11) is 0. The van der Waals surface area contributed by atoms with Gasteiger partial charge in [-0.25, -0.2) is 13.2 Å². The monoisotopic (exact) mass is 295 g/mol. The summed E-state index contributed by atoms with van der Waals surface area (Å²) in [5.41, 5.74) is 0.594. The van der Waals surface area contributed by atoms with Crippen molar-refractivity contribution in [3.8, 4) is 5.75 Å². The molecule has 2 rings (SSSR count). The van der Waals surface area contributed by atoms with Crippen LogP contribution in [-0.4, -0.2) is 12.5 Å². The molecule has 1 amide bonds. The van der Waals surface area contributed by atoms with Gasteiger partial charge in [0.15, 0.2) is 18.2 Å². The lowest BCUT2D eigenvalue weighted by Gasteiger charge is -2.08. The van der Waals surface area contributed by atoms with E-state index in [2.05, 4.69) is 5.32 Å². The molecule has 0 aromatic heterocycles. The molecule has 0 spiro atoms. The third-order valence-corrected chi connectivity index (χ3v) is 2.63. The average Bonchev–Trinajstić information content (AvgIpc) is 2.44. The highest BCUT2D eigenvalue weighted by molar-refractivity contribution is 5.77. The summed E-state index contributed by atoms with van der Waals surface area (Å²) in [5.74, 6) is -2.71. The van der Waals surface area contributed by atoms with Gasteiger partial charge in [-0.2, -0.15) is 0 Å². The van der Waals surface area contributed by atoms with E-state index < -0.39 is 30.0 Å². The number of carbonyl (C=O) groups is 1. The smallest absolute Gasteiger partial charge is 0.258 e. The predicted octanol–water partition coefficient (Wildman–Crippen LogP) is 2.80. The maximum atomic E-state index is 13.3. The van der Waals surface area contributed by atoms with E-state index in [1.54, 1.807) is 6.07 Å². The number of rotatable bonds is 5. The lowest BCUT2D eigenvalue weighted by molar-refractivity contribution is -0.123. The molecule has 3 nitrogen and oxygen atoms in total. The van der Waals surface area contributed by atoms with Gasteiger partial charge < -0.3 is 10.1 Å². The van der Waals surface area contributed by atoms with Gasteiger partial charge in [-0.05, 0) is 29.8 Å². The van der Waals surface area contributed by atoms with Gasteiger partial charge in [0.25, 0.3) is 5.91 Å². The second-order valence-electron chi connectivity index (χ2n) is 4.27. The fraction of sp³-hybridized carbons (Fsp3) is 0.133. The molecule has 0 fully saturated rings. The first kappa shape index (κ1) is 14.9. The summed E-state index contributed by atoms with van der Waals surface area (Å²) >= 11 is 0. The minimum Gasteiger partial charge on any atom is -0.481 e. The highest BCUT2D eigenvalue weighted by Gasteiger charge is 2.08. The highest BCUT2D eigenvalue weighted by atomic mass is 19.1. The van der Waals surface area contributed by atoms with Gasteiger partial charge in [0.2, 0.25) is 0 Å². The van der Waals surface area contributed by atoms with Crippen molar-refractivity contribution < 1.29 is 22.7 Å². The minimum atomic E-state index is -0.882. The van der Waals surface area contributed by atoms with Crippen molar-refractivity contribution in [2.75, 3.05) is 6.61 Å². The molecular formula is C15H12F3NO2. The Hall–Kier alpha value is -2.50. The van der Waals surface area contributed by atoms with E-state index in [9.17, 15) is 18.0 Å². The van der Waals surface area contributed by atoms with E-state index >= 15 is 0 Å². The zero-order valence-corrected chi connectivity index (χ0v) is 10.9. The van der Waals surface area contributed by atoms with Gasteiger partial charge in [-0.3, -0.25) is 4.79 Å². The van der Waals surface area contributed by atoms with Crippen LogP contribution in [0.4, 0.5) is 13.2 Å². The topological polar surface area (TPSA) is 38.3 Å². The number of amides is 1. The molecule has 110 valence electrons. The standard InChI is InChI=1S/C15H12F3NO2/c16-11-3-1-2-10(6-11)8-19-15(20)9-21-14-5-4-12(17)7-13(14)18/h1-7H,8-9H2,(H,19,20). The Bertz CT molecular complexity index is 647. The molecule has 0 radical (unpaired) electrons. The quantitative estimate of drug-likeness (QED) is 0.921. The number of halogens is 3. The van der Waals surface area contributed by atoms with Crippen LogP contribution in [-0.2, 0) is 11.3 Å². The summed E-state index contributed by atoms with van der Waals surface area (Å²) in [6.07, 6.45) is 0. The van der Waals surface area contributed by atoms with Crippen molar-refractivity contribution in [3.05, 3.63) is 65.5 Å². The lowest BCUT2D eigenvalue weighted by atomic mass is 10.2. The van der Waals surface area contributed by atoms with Crippen LogP contribution in [0.3, 0.4) is 0 Å². The second kappa shape index (κ2) is 6.78. The Morgan fingerprint density at radius 3 is 2.52 bits per heavy atom. The van der Waals surface area contributed by atoms with Crippen LogP contribution >= 0.6 is 0 Å². The fourth-order valence-corrected chi connectivity index (χ4v) is 1.63. The molecule has 0 unspecified atom stereocenters. The first-order chi connectivity index (χ1) is 10.0. The normalized spacial score (nSPS) is 10.2. The largest absolute Gasteiger partial charge is 0.481 e. The second-order valence-corrected chi connectivity index (χ2v) is 4.27. The maximum Gasteiger partial charge on any atom is 0.258 e. The van der Waals surface area contributed by atoms with Crippen LogP contribution < -0.4 is 10.1 Å². The molecular weight excluding hydrogens is 283 g/mol. The molecule has 0 atom stereocenters. The third-order valence-electron chi connectivity index (χ3n) is 2.63. The van der Waals surface area contributed by atoms with Crippen LogP contribution in [0.25, 0.3) is 0 Å². The van der Waals surface area contributed by atoms with E-state index in [0.29, 0.717) is 11.6 Å². The summed E-state index contributed by atoms with van der Waals surface area (Å²) in [4.78, 5) is 11.5. The molecule has 2 aromatic carbocycles. The summed E-state index contributed by atoms with van der Waals surface area (Å²) in [6, 6.07) is 8.57. The molecule has 1 N–H and O–H groups in total. The van der Waals surface area contributed by atoms with E-state index in [4.69, 9.17) is 4.74 Å². The van der Waals surface area contributed by atoms with E-state index in [0.717, 1.165) is 12.1 Å². The number of hydrogen-bond donors (Lipinski definition) is 1. The summed E-state index contributed by atoms with van der Waals surface area (Å²) < 4.78 is 43.8. The molecule has 0 saturated heterocycles. The Kier molecular flexibility index (Phi) is 4.81. The maximum absolute atomic E-state index is 13.3. The van der Waals surface area contributed by atoms with Crippen LogP contribution in [0, 0.1) is 17.5 Å². The third kappa shape index (κ3) is 4.52. The molecule has 21 heavy (non-hydrogen) atoms. The van der Waals surface area contributed by atoms with Gasteiger partial charge in [-0.15, -0.1) is 0 Å². The SMILES string of the molecule is O=C(COc1ccc(F)cc1F)NCc1cccc(F)c1. The van der Waals surface area contributed by atoms with Gasteiger partial charge >= 0.3 is 0 Å². The Morgan fingerprint density at radius 1 is 1.05 bits per heavy atom. The number of benzene rings is 2. The van der Waals surface area contributed by atoms with Crippen LogP contribution in [0.5, 0.6) is 5.75 Å². The Balaban J connectivity index is 1.82. The predicted molar refractivity (Wildman–Crippen MR) is 70.1 cm³/mol. The van der Waals surface area contributed by atoms with Gasteiger partial charge in [0.1, 0.15) is 11.6 Å². The van der Waals surface area contributed by atoms with E-state index in [-0.39, 0.29) is 12.3 Å². The van der Waals surface area contributed by atoms with E-state index in [1.165, 1.54) is 18.2 Å². The number of carbonyl (C=O) groups excluding carboxylic acids is 1. The van der Waals surface area contributed by atoms with Crippen molar-refractivity contribution in [2.45, 2.75) is 6.54 Å². The zero-order valence-electron chi connectivity index (χ0n) is 10.9. The minimum absolute atomic E-state index is 0.131. The van der Waals surface area contributed by atoms with Crippen LogP contribution in [0.2, 0.25) is 0 Å². The molecule has 6 heteroatoms. The van der Waals surface area contributed by atoms with Gasteiger partial charge in [0, 0.05) is 12.6 Å². The van der Waals surface area contributed by atoms with Crippen molar-refractivity contribution in [2.24, 2.45) is 0 Å². The Morgan fingerprint density at radius 2 is 1.81 bits per heavy atom. The first-order valence-corrected chi connectivity index (χ1v) is 6.13. The molecule has 0 aliphatic carbocycles. The molecule has 0 bridgehead atoms. The van der Waals surface area contributed by atoms with E-state index in [1.807, 2.05) is 0 Å². The number of hydrogen-bond acceptors (Lipinski definition) is 2. The highest BCUT2D eigenvalue weighted by Crippen LogP contribution is 2.17. The van der Waals surface area contributed by atoms with Crippen molar-refractivity contribution >= 4 is 5.91 Å².